The van der Waals surface area contributed by atoms with E-state index in [1.54, 1.807) is 19.2 Å². The number of aromatic carboxylic acids is 1. The fraction of sp³-hybridized carbons (Fsp3) is 0.417. The fourth-order valence-corrected chi connectivity index (χ4v) is 1.26. The lowest BCUT2D eigenvalue weighted by Gasteiger charge is -2.15. The second kappa shape index (κ2) is 6.10. The number of benzene rings is 1. The maximum absolute atomic E-state index is 11.0. The second-order valence-corrected chi connectivity index (χ2v) is 3.50. The summed E-state index contributed by atoms with van der Waals surface area (Å²) < 4.78 is 15.5. The summed E-state index contributed by atoms with van der Waals surface area (Å²) in [4.78, 5) is 11.0. The normalized spacial score (nSPS) is 11.9. The molecule has 17 heavy (non-hydrogen) atoms. The molecule has 5 nitrogen and oxygen atoms in total. The molecule has 1 atom stereocenters. The number of ether oxygens (including phenoxy) is 3. The van der Waals surface area contributed by atoms with Gasteiger partial charge in [0.05, 0.1) is 13.2 Å². The SMILES string of the molecule is COc1cccc(C(=O)O)c1OCC(C)OC. The average molecular weight is 240 g/mol. The van der Waals surface area contributed by atoms with E-state index in [2.05, 4.69) is 0 Å². The zero-order valence-electron chi connectivity index (χ0n) is 10.1. The van der Waals surface area contributed by atoms with Crippen LogP contribution in [0.25, 0.3) is 0 Å². The van der Waals surface area contributed by atoms with Gasteiger partial charge in [-0.1, -0.05) is 6.07 Å². The number of hydrogen-bond donors (Lipinski definition) is 1. The molecule has 0 aromatic heterocycles. The number of carbonyl (C=O) groups is 1. The summed E-state index contributed by atoms with van der Waals surface area (Å²) >= 11 is 0. The Hall–Kier alpha value is -1.75. The van der Waals surface area contributed by atoms with Gasteiger partial charge in [0.1, 0.15) is 12.2 Å². The number of carboxylic acid groups (broad SMARTS) is 1. The van der Waals surface area contributed by atoms with E-state index in [-0.39, 0.29) is 24.0 Å². The van der Waals surface area contributed by atoms with Crippen LogP contribution < -0.4 is 9.47 Å². The molecule has 0 bridgehead atoms. The Balaban J connectivity index is 2.97. The van der Waals surface area contributed by atoms with Gasteiger partial charge in [0.25, 0.3) is 0 Å². The summed E-state index contributed by atoms with van der Waals surface area (Å²) in [6.45, 7) is 2.09. The first-order chi connectivity index (χ1) is 8.10. The van der Waals surface area contributed by atoms with Gasteiger partial charge in [0, 0.05) is 7.11 Å². The number of methoxy groups -OCH3 is 2. The van der Waals surface area contributed by atoms with Crippen LogP contribution in [0.3, 0.4) is 0 Å². The van der Waals surface area contributed by atoms with Gasteiger partial charge in [-0.15, -0.1) is 0 Å². The van der Waals surface area contributed by atoms with Crippen LogP contribution in [0.2, 0.25) is 0 Å². The van der Waals surface area contributed by atoms with Crippen LogP contribution in [0, 0.1) is 0 Å². The van der Waals surface area contributed by atoms with Crippen molar-refractivity contribution in [3.63, 3.8) is 0 Å². The van der Waals surface area contributed by atoms with Crippen LogP contribution in [0.1, 0.15) is 17.3 Å². The molecular formula is C12H16O5. The highest BCUT2D eigenvalue weighted by atomic mass is 16.5. The number of rotatable bonds is 6. The van der Waals surface area contributed by atoms with E-state index >= 15 is 0 Å². The maximum atomic E-state index is 11.0. The molecule has 1 aromatic rings. The van der Waals surface area contributed by atoms with Crippen LogP contribution in [-0.4, -0.2) is 38.0 Å². The van der Waals surface area contributed by atoms with Gasteiger partial charge < -0.3 is 19.3 Å². The average Bonchev–Trinajstić information content (AvgIpc) is 2.35. The smallest absolute Gasteiger partial charge is 0.339 e. The number of para-hydroxylation sites is 1. The highest BCUT2D eigenvalue weighted by molar-refractivity contribution is 5.92. The molecule has 94 valence electrons. The Morgan fingerprint density at radius 1 is 1.41 bits per heavy atom. The Labute approximate surface area is 99.9 Å². The molecule has 0 spiro atoms. The maximum Gasteiger partial charge on any atom is 0.339 e. The van der Waals surface area contributed by atoms with Crippen LogP contribution in [0.15, 0.2) is 18.2 Å². The van der Waals surface area contributed by atoms with E-state index < -0.39 is 5.97 Å². The standard InChI is InChI=1S/C12H16O5/c1-8(15-2)7-17-11-9(12(13)14)5-4-6-10(11)16-3/h4-6,8H,7H2,1-3H3,(H,13,14). The van der Waals surface area contributed by atoms with Gasteiger partial charge in [0.15, 0.2) is 11.5 Å². The van der Waals surface area contributed by atoms with Gasteiger partial charge >= 0.3 is 5.97 Å². The summed E-state index contributed by atoms with van der Waals surface area (Å²) in [7, 11) is 3.03. The van der Waals surface area contributed by atoms with Crippen molar-refractivity contribution in [3.05, 3.63) is 23.8 Å². The van der Waals surface area contributed by atoms with Crippen LogP contribution in [0.4, 0.5) is 0 Å². The lowest BCUT2D eigenvalue weighted by atomic mass is 10.2. The molecule has 5 heteroatoms. The van der Waals surface area contributed by atoms with Crippen molar-refractivity contribution >= 4 is 5.97 Å². The highest BCUT2D eigenvalue weighted by Crippen LogP contribution is 2.31. The van der Waals surface area contributed by atoms with Gasteiger partial charge in [-0.25, -0.2) is 4.79 Å². The third-order valence-corrected chi connectivity index (χ3v) is 2.29. The van der Waals surface area contributed by atoms with Crippen LogP contribution >= 0.6 is 0 Å². The number of hydrogen-bond acceptors (Lipinski definition) is 4. The molecule has 1 rings (SSSR count). The summed E-state index contributed by atoms with van der Waals surface area (Å²) in [6.07, 6.45) is -0.124. The predicted octanol–water partition coefficient (Wildman–Crippen LogP) is 1.81. The van der Waals surface area contributed by atoms with Crippen molar-refractivity contribution in [3.8, 4) is 11.5 Å². The minimum atomic E-state index is -1.05. The van der Waals surface area contributed by atoms with E-state index in [1.165, 1.54) is 13.2 Å². The summed E-state index contributed by atoms with van der Waals surface area (Å²) in [5.74, 6) is -0.427. The second-order valence-electron chi connectivity index (χ2n) is 3.50. The lowest BCUT2D eigenvalue weighted by molar-refractivity contribution is 0.0639. The van der Waals surface area contributed by atoms with E-state index in [0.29, 0.717) is 5.75 Å². The van der Waals surface area contributed by atoms with E-state index in [4.69, 9.17) is 19.3 Å². The van der Waals surface area contributed by atoms with E-state index in [9.17, 15) is 4.79 Å². The first-order valence-electron chi connectivity index (χ1n) is 5.16. The zero-order chi connectivity index (χ0) is 12.8. The molecule has 0 saturated carbocycles. The predicted molar refractivity (Wildman–Crippen MR) is 61.9 cm³/mol. The lowest BCUT2D eigenvalue weighted by Crippen LogP contribution is -2.17. The Morgan fingerprint density at radius 2 is 2.12 bits per heavy atom. The van der Waals surface area contributed by atoms with Crippen molar-refractivity contribution < 1.29 is 24.1 Å². The van der Waals surface area contributed by atoms with Gasteiger partial charge in [-0.3, -0.25) is 0 Å². The largest absolute Gasteiger partial charge is 0.493 e. The van der Waals surface area contributed by atoms with Crippen LogP contribution in [-0.2, 0) is 4.74 Å². The molecule has 1 N–H and O–H groups in total. The molecule has 0 amide bonds. The Morgan fingerprint density at radius 3 is 2.65 bits per heavy atom. The van der Waals surface area contributed by atoms with Crippen molar-refractivity contribution in [1.82, 2.24) is 0 Å². The fourth-order valence-electron chi connectivity index (χ4n) is 1.26. The van der Waals surface area contributed by atoms with Gasteiger partial charge in [-0.05, 0) is 19.1 Å². The van der Waals surface area contributed by atoms with E-state index in [1.807, 2.05) is 6.92 Å². The molecule has 1 unspecified atom stereocenters. The highest BCUT2D eigenvalue weighted by Gasteiger charge is 2.16. The molecule has 0 aliphatic rings. The minimum absolute atomic E-state index is 0.0765. The minimum Gasteiger partial charge on any atom is -0.493 e. The molecule has 0 aliphatic carbocycles. The molecule has 0 heterocycles. The Kier molecular flexibility index (Phi) is 4.78. The van der Waals surface area contributed by atoms with Gasteiger partial charge in [-0.2, -0.15) is 0 Å². The molecule has 0 aliphatic heterocycles. The first kappa shape index (κ1) is 13.3. The summed E-state index contributed by atoms with van der Waals surface area (Å²) in [6, 6.07) is 4.73. The molecule has 0 radical (unpaired) electrons. The zero-order valence-corrected chi connectivity index (χ0v) is 10.1. The molecular weight excluding hydrogens is 224 g/mol. The van der Waals surface area contributed by atoms with Crippen molar-refractivity contribution in [2.45, 2.75) is 13.0 Å². The number of carboxylic acids is 1. The Bertz CT molecular complexity index is 388. The molecule has 0 fully saturated rings. The summed E-state index contributed by atoms with van der Waals surface area (Å²) in [5.41, 5.74) is 0.0765. The molecule has 1 aromatic carbocycles. The van der Waals surface area contributed by atoms with Gasteiger partial charge in [0.2, 0.25) is 0 Å². The molecule has 0 saturated heterocycles. The summed E-state index contributed by atoms with van der Waals surface area (Å²) in [5, 5.41) is 9.04. The third-order valence-electron chi connectivity index (χ3n) is 2.29. The quantitative estimate of drug-likeness (QED) is 0.821. The van der Waals surface area contributed by atoms with Crippen molar-refractivity contribution in [1.29, 1.82) is 0 Å². The van der Waals surface area contributed by atoms with Crippen molar-refractivity contribution in [2.24, 2.45) is 0 Å². The van der Waals surface area contributed by atoms with Crippen LogP contribution in [0.5, 0.6) is 11.5 Å². The van der Waals surface area contributed by atoms with Crippen molar-refractivity contribution in [2.75, 3.05) is 20.8 Å². The first-order valence-corrected chi connectivity index (χ1v) is 5.16. The van der Waals surface area contributed by atoms with E-state index in [0.717, 1.165) is 0 Å². The monoisotopic (exact) mass is 240 g/mol. The third kappa shape index (κ3) is 3.35. The topological polar surface area (TPSA) is 65.0 Å².